The second-order valence-corrected chi connectivity index (χ2v) is 5.66. The summed E-state index contributed by atoms with van der Waals surface area (Å²) in [5.41, 5.74) is 1.91. The highest BCUT2D eigenvalue weighted by Gasteiger charge is 2.10. The lowest BCUT2D eigenvalue weighted by atomic mass is 10.2. The smallest absolute Gasteiger partial charge is 0.337 e. The van der Waals surface area contributed by atoms with Gasteiger partial charge in [-0.15, -0.1) is 0 Å². The molecular weight excluding hydrogens is 360 g/mol. The highest BCUT2D eigenvalue weighted by Crippen LogP contribution is 2.18. The van der Waals surface area contributed by atoms with E-state index in [0.29, 0.717) is 17.1 Å². The third-order valence-electron chi connectivity index (χ3n) is 3.81. The van der Waals surface area contributed by atoms with Crippen LogP contribution in [0.1, 0.15) is 20.8 Å². The molecule has 28 heavy (non-hydrogen) atoms. The van der Waals surface area contributed by atoms with E-state index in [-0.39, 0.29) is 5.69 Å². The van der Waals surface area contributed by atoms with Crippen LogP contribution in [-0.2, 0) is 4.74 Å². The van der Waals surface area contributed by atoms with Gasteiger partial charge in [-0.25, -0.2) is 14.8 Å². The number of esters is 1. The molecule has 0 unspecified atom stereocenters. The molecule has 0 saturated heterocycles. The summed E-state index contributed by atoms with van der Waals surface area (Å²) < 4.78 is 9.75. The molecule has 0 spiro atoms. The number of aromatic nitrogens is 2. The van der Waals surface area contributed by atoms with Gasteiger partial charge in [-0.1, -0.05) is 0 Å². The first-order valence-corrected chi connectivity index (χ1v) is 8.32. The van der Waals surface area contributed by atoms with Gasteiger partial charge in [0, 0.05) is 11.4 Å². The Kier molecular flexibility index (Phi) is 5.81. The molecule has 0 fully saturated rings. The maximum absolute atomic E-state index is 12.3. The van der Waals surface area contributed by atoms with Crippen molar-refractivity contribution in [3.05, 3.63) is 72.2 Å². The maximum atomic E-state index is 12.3. The Balaban J connectivity index is 1.62. The molecule has 8 nitrogen and oxygen atoms in total. The Morgan fingerprint density at radius 1 is 0.857 bits per heavy atom. The number of hydrogen-bond donors (Lipinski definition) is 2. The van der Waals surface area contributed by atoms with E-state index >= 15 is 0 Å². The first kappa shape index (κ1) is 18.8. The van der Waals surface area contributed by atoms with Crippen LogP contribution in [0.2, 0.25) is 0 Å². The second kappa shape index (κ2) is 8.63. The van der Waals surface area contributed by atoms with Crippen molar-refractivity contribution in [1.29, 1.82) is 0 Å². The summed E-state index contributed by atoms with van der Waals surface area (Å²) in [5, 5.41) is 5.79. The number of amides is 1. The number of anilines is 3. The molecule has 0 bridgehead atoms. The third-order valence-corrected chi connectivity index (χ3v) is 3.81. The van der Waals surface area contributed by atoms with Crippen LogP contribution in [0.5, 0.6) is 5.75 Å². The van der Waals surface area contributed by atoms with Gasteiger partial charge in [-0.3, -0.25) is 4.79 Å². The average Bonchev–Trinajstić information content (AvgIpc) is 2.74. The van der Waals surface area contributed by atoms with E-state index in [1.54, 1.807) is 31.4 Å². The summed E-state index contributed by atoms with van der Waals surface area (Å²) in [5.74, 6) is 0.408. The Morgan fingerprint density at radius 2 is 1.54 bits per heavy atom. The van der Waals surface area contributed by atoms with E-state index in [2.05, 4.69) is 25.3 Å². The van der Waals surface area contributed by atoms with Gasteiger partial charge in [0.2, 0.25) is 0 Å². The molecule has 0 aliphatic rings. The first-order valence-electron chi connectivity index (χ1n) is 8.32. The predicted octanol–water partition coefficient (Wildman–Crippen LogP) is 3.27. The summed E-state index contributed by atoms with van der Waals surface area (Å²) in [4.78, 5) is 32.0. The number of carbonyl (C=O) groups excluding carboxylic acids is 2. The zero-order valence-electron chi connectivity index (χ0n) is 15.3. The lowest BCUT2D eigenvalue weighted by Gasteiger charge is -2.08. The van der Waals surface area contributed by atoms with Crippen molar-refractivity contribution in [2.75, 3.05) is 24.9 Å². The molecule has 0 aliphatic carbocycles. The lowest BCUT2D eigenvalue weighted by Crippen LogP contribution is -2.14. The predicted molar refractivity (Wildman–Crippen MR) is 104 cm³/mol. The number of nitrogens with zero attached hydrogens (tertiary/aromatic N) is 2. The SMILES string of the molecule is COC(=O)c1ccc(NC(=O)c2cnc(Nc3ccc(OC)cc3)cn2)cc1. The molecule has 2 N–H and O–H groups in total. The molecule has 0 saturated carbocycles. The fraction of sp³-hybridized carbons (Fsp3) is 0.100. The Bertz CT molecular complexity index is 955. The van der Waals surface area contributed by atoms with Gasteiger partial charge < -0.3 is 20.1 Å². The molecule has 0 aliphatic heterocycles. The molecule has 1 amide bonds. The van der Waals surface area contributed by atoms with Crippen molar-refractivity contribution in [1.82, 2.24) is 9.97 Å². The number of rotatable bonds is 6. The van der Waals surface area contributed by atoms with Crippen LogP contribution in [0.3, 0.4) is 0 Å². The third kappa shape index (κ3) is 4.61. The summed E-state index contributed by atoms with van der Waals surface area (Å²) >= 11 is 0. The summed E-state index contributed by atoms with van der Waals surface area (Å²) in [6.45, 7) is 0. The van der Waals surface area contributed by atoms with Gasteiger partial charge >= 0.3 is 5.97 Å². The van der Waals surface area contributed by atoms with Crippen LogP contribution in [0.4, 0.5) is 17.2 Å². The van der Waals surface area contributed by atoms with E-state index < -0.39 is 11.9 Å². The standard InChI is InChI=1S/C20H18N4O4/c1-27-16-9-7-14(8-10-16)23-18-12-21-17(11-22-18)19(25)24-15-5-3-13(4-6-15)20(26)28-2/h3-12H,1-2H3,(H,22,23)(H,24,25). The van der Waals surface area contributed by atoms with E-state index in [9.17, 15) is 9.59 Å². The molecule has 3 rings (SSSR count). The van der Waals surface area contributed by atoms with Crippen molar-refractivity contribution in [3.8, 4) is 5.75 Å². The van der Waals surface area contributed by atoms with Crippen molar-refractivity contribution in [3.63, 3.8) is 0 Å². The number of hydrogen-bond acceptors (Lipinski definition) is 7. The van der Waals surface area contributed by atoms with Gasteiger partial charge in [0.1, 0.15) is 17.3 Å². The fourth-order valence-corrected chi connectivity index (χ4v) is 2.33. The number of carbonyl (C=O) groups is 2. The van der Waals surface area contributed by atoms with E-state index in [4.69, 9.17) is 4.74 Å². The molecule has 8 heteroatoms. The second-order valence-electron chi connectivity index (χ2n) is 5.66. The summed E-state index contributed by atoms with van der Waals surface area (Å²) in [6.07, 6.45) is 2.85. The minimum Gasteiger partial charge on any atom is -0.497 e. The van der Waals surface area contributed by atoms with E-state index in [1.807, 2.05) is 24.3 Å². The zero-order chi connectivity index (χ0) is 19.9. The molecule has 2 aromatic carbocycles. The molecule has 1 heterocycles. The highest BCUT2D eigenvalue weighted by molar-refractivity contribution is 6.03. The topological polar surface area (TPSA) is 102 Å². The van der Waals surface area contributed by atoms with Crippen LogP contribution >= 0.6 is 0 Å². The number of nitrogens with one attached hydrogen (secondary N) is 2. The quantitative estimate of drug-likeness (QED) is 0.635. The van der Waals surface area contributed by atoms with Crippen LogP contribution in [0, 0.1) is 0 Å². The molecule has 1 aromatic heterocycles. The van der Waals surface area contributed by atoms with Gasteiger partial charge in [0.25, 0.3) is 5.91 Å². The molecular formula is C20H18N4O4. The number of methoxy groups -OCH3 is 2. The zero-order valence-corrected chi connectivity index (χ0v) is 15.3. The van der Waals surface area contributed by atoms with Gasteiger partial charge in [-0.2, -0.15) is 0 Å². The van der Waals surface area contributed by atoms with Gasteiger partial charge in [0.05, 0.1) is 32.2 Å². The normalized spacial score (nSPS) is 10.1. The maximum Gasteiger partial charge on any atom is 0.337 e. The Morgan fingerprint density at radius 3 is 2.11 bits per heavy atom. The molecule has 142 valence electrons. The van der Waals surface area contributed by atoms with Crippen molar-refractivity contribution in [2.45, 2.75) is 0 Å². The fourth-order valence-electron chi connectivity index (χ4n) is 2.33. The van der Waals surface area contributed by atoms with Crippen molar-refractivity contribution in [2.24, 2.45) is 0 Å². The number of benzene rings is 2. The highest BCUT2D eigenvalue weighted by atomic mass is 16.5. The lowest BCUT2D eigenvalue weighted by molar-refractivity contribution is 0.0600. The van der Waals surface area contributed by atoms with Crippen molar-refractivity contribution >= 4 is 29.1 Å². The minimum atomic E-state index is -0.441. The van der Waals surface area contributed by atoms with Crippen molar-refractivity contribution < 1.29 is 19.1 Å². The van der Waals surface area contributed by atoms with Crippen LogP contribution in [0.15, 0.2) is 60.9 Å². The van der Waals surface area contributed by atoms with Crippen LogP contribution < -0.4 is 15.4 Å². The monoisotopic (exact) mass is 378 g/mol. The Labute approximate surface area is 161 Å². The van der Waals surface area contributed by atoms with Crippen LogP contribution in [0.25, 0.3) is 0 Å². The van der Waals surface area contributed by atoms with Crippen LogP contribution in [-0.4, -0.2) is 36.1 Å². The van der Waals surface area contributed by atoms with Gasteiger partial charge in [0.15, 0.2) is 0 Å². The average molecular weight is 378 g/mol. The summed E-state index contributed by atoms with van der Waals surface area (Å²) in [6, 6.07) is 13.7. The molecule has 3 aromatic rings. The number of ether oxygens (including phenoxy) is 2. The Hall–Kier alpha value is -3.94. The van der Waals surface area contributed by atoms with E-state index in [0.717, 1.165) is 11.4 Å². The first-order chi connectivity index (χ1) is 13.6. The summed E-state index contributed by atoms with van der Waals surface area (Å²) in [7, 11) is 2.91. The largest absolute Gasteiger partial charge is 0.497 e. The molecule has 0 atom stereocenters. The molecule has 0 radical (unpaired) electrons. The minimum absolute atomic E-state index is 0.164. The van der Waals surface area contributed by atoms with E-state index in [1.165, 1.54) is 19.5 Å². The van der Waals surface area contributed by atoms with Gasteiger partial charge in [-0.05, 0) is 48.5 Å².